The molecule has 0 aromatic heterocycles. The van der Waals surface area contributed by atoms with Gasteiger partial charge >= 0.3 is 0 Å². The highest BCUT2D eigenvalue weighted by atomic mass is 16.6. The molecule has 8 nitrogen and oxygen atoms in total. The lowest BCUT2D eigenvalue weighted by Gasteiger charge is -2.26. The van der Waals surface area contributed by atoms with Gasteiger partial charge in [0.25, 0.3) is 0 Å². The molecule has 2 unspecified atom stereocenters. The Labute approximate surface area is 182 Å². The molecule has 0 aromatic rings. The van der Waals surface area contributed by atoms with Crippen molar-refractivity contribution in [2.75, 3.05) is 26.3 Å². The Hall–Kier alpha value is -1.22. The Morgan fingerprint density at radius 3 is 1.53 bits per heavy atom. The molecule has 0 saturated carbocycles. The normalized spacial score (nSPS) is 14.3. The van der Waals surface area contributed by atoms with Crippen LogP contribution in [0.3, 0.4) is 0 Å². The quantitative estimate of drug-likeness (QED) is 0.386. The number of ether oxygens (including phenoxy) is 4. The smallest absolute Gasteiger partial charge is 0.229 e. The van der Waals surface area contributed by atoms with Gasteiger partial charge in [-0.3, -0.25) is 9.59 Å². The third-order valence-corrected chi connectivity index (χ3v) is 3.62. The summed E-state index contributed by atoms with van der Waals surface area (Å²) in [7, 11) is 0. The molecule has 0 aliphatic carbocycles. The van der Waals surface area contributed by atoms with Crippen LogP contribution in [-0.2, 0) is 28.5 Å². The average molecular weight is 433 g/mol. The van der Waals surface area contributed by atoms with E-state index in [0.717, 1.165) is 0 Å². The molecule has 0 spiro atoms. The first-order valence-electron chi connectivity index (χ1n) is 10.9. The van der Waals surface area contributed by atoms with Crippen LogP contribution in [0, 0.1) is 0 Å². The number of hydrogen-bond donors (Lipinski definition) is 2. The summed E-state index contributed by atoms with van der Waals surface area (Å²) < 4.78 is 22.9. The van der Waals surface area contributed by atoms with Gasteiger partial charge in [0.05, 0.1) is 49.3 Å². The van der Waals surface area contributed by atoms with Gasteiger partial charge in [-0.05, 0) is 62.3 Å². The lowest BCUT2D eigenvalue weighted by Crippen LogP contribution is -2.42. The Morgan fingerprint density at radius 2 is 1.17 bits per heavy atom. The predicted octanol–water partition coefficient (Wildman–Crippen LogP) is 2.44. The lowest BCUT2D eigenvalue weighted by molar-refractivity contribution is -0.131. The zero-order valence-corrected chi connectivity index (χ0v) is 20.4. The van der Waals surface area contributed by atoms with Crippen molar-refractivity contribution >= 4 is 11.8 Å². The van der Waals surface area contributed by atoms with Crippen LogP contribution in [0.4, 0.5) is 0 Å². The van der Waals surface area contributed by atoms with E-state index >= 15 is 0 Å². The monoisotopic (exact) mass is 432 g/mol. The first-order valence-corrected chi connectivity index (χ1v) is 10.9. The molecule has 2 amide bonds. The highest BCUT2D eigenvalue weighted by molar-refractivity contribution is 5.96. The molecule has 0 heterocycles. The second kappa shape index (κ2) is 14.7. The summed E-state index contributed by atoms with van der Waals surface area (Å²) in [6.45, 7) is 18.8. The van der Waals surface area contributed by atoms with Crippen molar-refractivity contribution in [3.63, 3.8) is 0 Å². The zero-order chi connectivity index (χ0) is 23.3. The maximum atomic E-state index is 12.2. The van der Waals surface area contributed by atoms with Gasteiger partial charge in [-0.15, -0.1) is 0 Å². The fourth-order valence-corrected chi connectivity index (χ4v) is 2.43. The highest BCUT2D eigenvalue weighted by Gasteiger charge is 2.19. The van der Waals surface area contributed by atoms with E-state index in [-0.39, 0.29) is 67.4 Å². The van der Waals surface area contributed by atoms with Crippen LogP contribution in [0.25, 0.3) is 0 Å². The molecule has 0 aliphatic rings. The van der Waals surface area contributed by atoms with Crippen LogP contribution < -0.4 is 10.6 Å². The zero-order valence-electron chi connectivity index (χ0n) is 20.4. The van der Waals surface area contributed by atoms with Gasteiger partial charge < -0.3 is 29.6 Å². The van der Waals surface area contributed by atoms with Crippen LogP contribution in [-0.4, -0.2) is 74.2 Å². The fourth-order valence-electron chi connectivity index (χ4n) is 2.43. The van der Waals surface area contributed by atoms with E-state index in [2.05, 4.69) is 10.6 Å². The van der Waals surface area contributed by atoms with Crippen molar-refractivity contribution < 1.29 is 28.5 Å². The second-order valence-electron chi connectivity index (χ2n) is 9.20. The van der Waals surface area contributed by atoms with Gasteiger partial charge in [0, 0.05) is 13.1 Å². The van der Waals surface area contributed by atoms with Crippen molar-refractivity contribution in [3.05, 3.63) is 0 Å². The maximum absolute atomic E-state index is 12.2. The van der Waals surface area contributed by atoms with Gasteiger partial charge in [-0.1, -0.05) is 0 Å². The molecule has 8 heteroatoms. The minimum absolute atomic E-state index is 0.00437. The molecule has 0 aliphatic heterocycles. The number of rotatable bonds is 15. The summed E-state index contributed by atoms with van der Waals surface area (Å²) in [4.78, 5) is 24.3. The van der Waals surface area contributed by atoms with Gasteiger partial charge in [-0.2, -0.15) is 0 Å². The summed E-state index contributed by atoms with van der Waals surface area (Å²) in [5.74, 6) is -0.720. The summed E-state index contributed by atoms with van der Waals surface area (Å²) >= 11 is 0. The Balaban J connectivity index is 4.42. The molecule has 2 atom stereocenters. The molecule has 0 bridgehead atoms. The number of amides is 2. The number of carbonyl (C=O) groups excluding carboxylic acids is 2. The first-order chi connectivity index (χ1) is 13.8. The Morgan fingerprint density at radius 1 is 0.733 bits per heavy atom. The molecule has 0 saturated heterocycles. The van der Waals surface area contributed by atoms with Gasteiger partial charge in [-0.25, -0.2) is 0 Å². The molecule has 0 radical (unpaired) electrons. The van der Waals surface area contributed by atoms with Gasteiger partial charge in [0.2, 0.25) is 11.8 Å². The van der Waals surface area contributed by atoms with E-state index in [1.807, 2.05) is 62.3 Å². The third-order valence-electron chi connectivity index (χ3n) is 3.62. The molecule has 2 N–H and O–H groups in total. The first kappa shape index (κ1) is 28.8. The number of nitrogens with one attached hydrogen (secondary N) is 2. The highest BCUT2D eigenvalue weighted by Crippen LogP contribution is 2.09. The van der Waals surface area contributed by atoms with Crippen LogP contribution in [0.15, 0.2) is 0 Å². The van der Waals surface area contributed by atoms with Crippen molar-refractivity contribution in [1.82, 2.24) is 10.6 Å². The average Bonchev–Trinajstić information content (AvgIpc) is 2.58. The van der Waals surface area contributed by atoms with Crippen molar-refractivity contribution in [2.45, 2.75) is 105 Å². The SMILES string of the molecule is CC(C)OCC(CNC(=O)CC(=O)NCC(COC(C)(C)C)OC(C)C)OC(C)C. The van der Waals surface area contributed by atoms with Gasteiger partial charge in [0.15, 0.2) is 0 Å². The second-order valence-corrected chi connectivity index (χ2v) is 9.20. The van der Waals surface area contributed by atoms with E-state index in [4.69, 9.17) is 18.9 Å². The summed E-state index contributed by atoms with van der Waals surface area (Å²) in [6, 6.07) is 0. The van der Waals surface area contributed by atoms with Crippen molar-refractivity contribution in [2.24, 2.45) is 0 Å². The summed E-state index contributed by atoms with van der Waals surface area (Å²) in [5, 5.41) is 5.50. The third kappa shape index (κ3) is 17.6. The predicted molar refractivity (Wildman–Crippen MR) is 117 cm³/mol. The summed E-state index contributed by atoms with van der Waals surface area (Å²) in [6.07, 6.45) is -0.712. The topological polar surface area (TPSA) is 95.1 Å². The van der Waals surface area contributed by atoms with E-state index in [9.17, 15) is 9.59 Å². The minimum atomic E-state index is -0.361. The molecular weight excluding hydrogens is 388 g/mol. The van der Waals surface area contributed by atoms with Crippen LogP contribution in [0.5, 0.6) is 0 Å². The van der Waals surface area contributed by atoms with Crippen LogP contribution in [0.2, 0.25) is 0 Å². The molecule has 178 valence electrons. The maximum Gasteiger partial charge on any atom is 0.229 e. The number of hydrogen-bond acceptors (Lipinski definition) is 6. The standard InChI is InChI=1S/C22H44N2O6/c1-15(2)27-13-18(29-16(3)4)11-23-20(25)10-21(26)24-12-19(30-17(5)6)14-28-22(7,8)9/h15-19H,10-14H2,1-9H3,(H,23,25)(H,24,26). The van der Waals surface area contributed by atoms with Crippen molar-refractivity contribution in [1.29, 1.82) is 0 Å². The molecular formula is C22H44N2O6. The molecule has 0 rings (SSSR count). The fraction of sp³-hybridized carbons (Fsp3) is 0.909. The number of carbonyl (C=O) groups is 2. The van der Waals surface area contributed by atoms with Crippen molar-refractivity contribution in [3.8, 4) is 0 Å². The summed E-state index contributed by atoms with van der Waals surface area (Å²) in [5.41, 5.74) is -0.295. The Bertz CT molecular complexity index is 489. The van der Waals surface area contributed by atoms with Crippen LogP contribution >= 0.6 is 0 Å². The van der Waals surface area contributed by atoms with E-state index in [1.54, 1.807) is 0 Å². The molecule has 0 fully saturated rings. The molecule has 30 heavy (non-hydrogen) atoms. The van der Waals surface area contributed by atoms with Gasteiger partial charge in [0.1, 0.15) is 6.42 Å². The lowest BCUT2D eigenvalue weighted by atomic mass is 10.2. The van der Waals surface area contributed by atoms with E-state index in [0.29, 0.717) is 13.2 Å². The van der Waals surface area contributed by atoms with Crippen LogP contribution in [0.1, 0.15) is 68.7 Å². The van der Waals surface area contributed by atoms with E-state index < -0.39 is 0 Å². The minimum Gasteiger partial charge on any atom is -0.376 e. The Kier molecular flexibility index (Phi) is 14.1. The molecule has 0 aromatic carbocycles. The largest absolute Gasteiger partial charge is 0.376 e. The van der Waals surface area contributed by atoms with E-state index in [1.165, 1.54) is 0 Å².